The lowest BCUT2D eigenvalue weighted by molar-refractivity contribution is 0.499. The van der Waals surface area contributed by atoms with Crippen LogP contribution in [-0.4, -0.2) is 14.1 Å². The summed E-state index contributed by atoms with van der Waals surface area (Å²) in [6.45, 7) is 1.93. The summed E-state index contributed by atoms with van der Waals surface area (Å²) in [7, 11) is -3.55. The number of nitrogens with one attached hydrogen (secondary N) is 1. The molecule has 0 heterocycles. The average molecular weight is 302 g/mol. The molecule has 2 saturated carbocycles. The zero-order chi connectivity index (χ0) is 14.6. The molecule has 2 bridgehead atoms. The van der Waals surface area contributed by atoms with Crippen LogP contribution in [0.1, 0.15) is 18.4 Å². The maximum absolute atomic E-state index is 12.3. The lowest BCUT2D eigenvalue weighted by atomic mass is 9.87. The normalized spacial score (nSPS) is 34.8. The molecular formula is C16H18N2O2S. The number of hydrogen-bond donors (Lipinski definition) is 1. The fourth-order valence-corrected chi connectivity index (χ4v) is 4.55. The van der Waals surface area contributed by atoms with Crippen LogP contribution in [0.15, 0.2) is 46.4 Å². The van der Waals surface area contributed by atoms with Gasteiger partial charge in [-0.25, -0.2) is 4.83 Å². The number of allylic oxidation sites excluding steroid dienone is 2. The summed E-state index contributed by atoms with van der Waals surface area (Å²) in [4.78, 5) is 2.69. The number of hydrazone groups is 1. The molecule has 0 aliphatic heterocycles. The fourth-order valence-electron chi connectivity index (χ4n) is 3.71. The summed E-state index contributed by atoms with van der Waals surface area (Å²) < 4.78 is 24.5. The van der Waals surface area contributed by atoms with Crippen molar-refractivity contribution in [2.45, 2.75) is 24.7 Å². The van der Waals surface area contributed by atoms with Crippen LogP contribution in [0.3, 0.4) is 0 Å². The van der Waals surface area contributed by atoms with Gasteiger partial charge in [-0.3, -0.25) is 0 Å². The van der Waals surface area contributed by atoms with Crippen molar-refractivity contribution in [3.63, 3.8) is 0 Å². The first-order valence-corrected chi connectivity index (χ1v) is 8.86. The van der Waals surface area contributed by atoms with Crippen molar-refractivity contribution in [2.75, 3.05) is 0 Å². The van der Waals surface area contributed by atoms with E-state index in [0.717, 1.165) is 17.7 Å². The number of sulfonamides is 1. The molecule has 4 nitrogen and oxygen atoms in total. The molecule has 2 fully saturated rings. The van der Waals surface area contributed by atoms with Gasteiger partial charge < -0.3 is 0 Å². The predicted molar refractivity (Wildman–Crippen MR) is 81.3 cm³/mol. The highest BCUT2D eigenvalue weighted by atomic mass is 32.2. The van der Waals surface area contributed by atoms with Gasteiger partial charge in [-0.15, -0.1) is 0 Å². The maximum atomic E-state index is 12.3. The van der Waals surface area contributed by atoms with Crippen LogP contribution in [0, 0.1) is 30.6 Å². The Morgan fingerprint density at radius 3 is 2.71 bits per heavy atom. The van der Waals surface area contributed by atoms with Crippen LogP contribution < -0.4 is 4.83 Å². The third-order valence-corrected chi connectivity index (χ3v) is 6.13. The Morgan fingerprint density at radius 2 is 1.95 bits per heavy atom. The zero-order valence-corrected chi connectivity index (χ0v) is 12.7. The van der Waals surface area contributed by atoms with Gasteiger partial charge in [-0.05, 0) is 49.7 Å². The smallest absolute Gasteiger partial charge is 0.200 e. The topological polar surface area (TPSA) is 58.5 Å². The van der Waals surface area contributed by atoms with Crippen LogP contribution in [-0.2, 0) is 10.0 Å². The summed E-state index contributed by atoms with van der Waals surface area (Å²) in [5, 5.41) is 4.26. The van der Waals surface area contributed by atoms with Gasteiger partial charge in [0.1, 0.15) is 0 Å². The molecule has 0 spiro atoms. The molecule has 1 aromatic carbocycles. The minimum Gasteiger partial charge on any atom is -0.200 e. The first-order chi connectivity index (χ1) is 10.0. The molecule has 5 heteroatoms. The first-order valence-electron chi connectivity index (χ1n) is 7.38. The lowest BCUT2D eigenvalue weighted by Gasteiger charge is -2.19. The maximum Gasteiger partial charge on any atom is 0.276 e. The minimum atomic E-state index is -3.55. The summed E-state index contributed by atoms with van der Waals surface area (Å²) in [5.74, 6) is 2.33. The third kappa shape index (κ3) is 2.20. The second-order valence-electron chi connectivity index (χ2n) is 6.36. The van der Waals surface area contributed by atoms with E-state index >= 15 is 0 Å². The predicted octanol–water partition coefficient (Wildman–Crippen LogP) is 2.47. The molecule has 21 heavy (non-hydrogen) atoms. The Hall–Kier alpha value is -1.62. The van der Waals surface area contributed by atoms with E-state index in [-0.39, 0.29) is 4.90 Å². The van der Waals surface area contributed by atoms with Gasteiger partial charge in [-0.2, -0.15) is 13.5 Å². The molecule has 4 unspecified atom stereocenters. The summed E-state index contributed by atoms with van der Waals surface area (Å²) in [5.41, 5.74) is 2.07. The summed E-state index contributed by atoms with van der Waals surface area (Å²) >= 11 is 0. The number of rotatable bonds is 3. The van der Waals surface area contributed by atoms with Gasteiger partial charge in [0, 0.05) is 11.6 Å². The van der Waals surface area contributed by atoms with Crippen molar-refractivity contribution in [2.24, 2.45) is 28.8 Å². The van der Waals surface area contributed by atoms with E-state index in [2.05, 4.69) is 22.1 Å². The SMILES string of the molecule is Cc1ccc(S(=O)(=O)N/N=C2\CC3C=CC4C(C3)C24)cc1. The van der Waals surface area contributed by atoms with Gasteiger partial charge in [0.25, 0.3) is 10.0 Å². The minimum absolute atomic E-state index is 0.265. The van der Waals surface area contributed by atoms with Gasteiger partial charge in [0.2, 0.25) is 0 Å². The molecule has 110 valence electrons. The Morgan fingerprint density at radius 1 is 1.19 bits per heavy atom. The molecule has 3 aliphatic rings. The van der Waals surface area contributed by atoms with Crippen molar-refractivity contribution in [1.29, 1.82) is 0 Å². The molecule has 0 radical (unpaired) electrons. The van der Waals surface area contributed by atoms with E-state index in [1.807, 2.05) is 6.92 Å². The van der Waals surface area contributed by atoms with Gasteiger partial charge >= 0.3 is 0 Å². The van der Waals surface area contributed by atoms with Gasteiger partial charge in [-0.1, -0.05) is 29.8 Å². The Bertz CT molecular complexity index is 730. The van der Waals surface area contributed by atoms with Crippen molar-refractivity contribution in [1.82, 2.24) is 4.83 Å². The molecule has 3 aliphatic carbocycles. The molecule has 1 N–H and O–H groups in total. The van der Waals surface area contributed by atoms with Gasteiger partial charge in [0.15, 0.2) is 0 Å². The molecule has 4 atom stereocenters. The van der Waals surface area contributed by atoms with E-state index in [1.54, 1.807) is 24.3 Å². The number of nitrogens with zero attached hydrogens (tertiary/aromatic N) is 1. The summed E-state index contributed by atoms with van der Waals surface area (Å²) in [6.07, 6.45) is 6.71. The van der Waals surface area contributed by atoms with Gasteiger partial charge in [0.05, 0.1) is 4.90 Å². The summed E-state index contributed by atoms with van der Waals surface area (Å²) in [6, 6.07) is 6.82. The lowest BCUT2D eigenvalue weighted by Crippen LogP contribution is -2.24. The van der Waals surface area contributed by atoms with Crippen molar-refractivity contribution >= 4 is 15.7 Å². The fraction of sp³-hybridized carbons (Fsp3) is 0.438. The first kappa shape index (κ1) is 13.1. The molecule has 4 rings (SSSR count). The molecule has 0 saturated heterocycles. The van der Waals surface area contributed by atoms with Crippen molar-refractivity contribution < 1.29 is 8.42 Å². The molecule has 1 aromatic rings. The largest absolute Gasteiger partial charge is 0.276 e. The molecule has 0 aromatic heterocycles. The Balaban J connectivity index is 1.54. The highest BCUT2D eigenvalue weighted by molar-refractivity contribution is 7.89. The van der Waals surface area contributed by atoms with E-state index in [1.165, 1.54) is 6.42 Å². The zero-order valence-electron chi connectivity index (χ0n) is 11.9. The van der Waals surface area contributed by atoms with Crippen LogP contribution in [0.25, 0.3) is 0 Å². The van der Waals surface area contributed by atoms with Crippen LogP contribution in [0.5, 0.6) is 0 Å². The van der Waals surface area contributed by atoms with Crippen molar-refractivity contribution in [3.05, 3.63) is 42.0 Å². The Kier molecular flexibility index (Phi) is 2.76. The van der Waals surface area contributed by atoms with E-state index < -0.39 is 10.0 Å². The molecular weight excluding hydrogens is 284 g/mol. The number of aryl methyl sites for hydroxylation is 1. The van der Waals surface area contributed by atoms with E-state index in [4.69, 9.17) is 0 Å². The highest BCUT2D eigenvalue weighted by Crippen LogP contribution is 2.59. The van der Waals surface area contributed by atoms with Crippen LogP contribution in [0.2, 0.25) is 0 Å². The number of hydrogen-bond acceptors (Lipinski definition) is 3. The Labute approximate surface area is 125 Å². The second kappa shape index (κ2) is 4.44. The van der Waals surface area contributed by atoms with E-state index in [9.17, 15) is 8.42 Å². The van der Waals surface area contributed by atoms with Crippen LogP contribution >= 0.6 is 0 Å². The number of benzene rings is 1. The van der Waals surface area contributed by atoms with Crippen molar-refractivity contribution in [3.8, 4) is 0 Å². The highest BCUT2D eigenvalue weighted by Gasteiger charge is 2.56. The van der Waals surface area contributed by atoms with E-state index in [0.29, 0.717) is 23.7 Å². The second-order valence-corrected chi connectivity index (χ2v) is 8.02. The monoisotopic (exact) mass is 302 g/mol. The third-order valence-electron chi connectivity index (χ3n) is 4.91. The molecule has 0 amide bonds. The quantitative estimate of drug-likeness (QED) is 0.689. The standard InChI is InChI=1S/C16H18N2O2S/c1-10-2-5-12(6-3-10)21(19,20)18-17-15-9-11-4-7-13-14(8-11)16(13)15/h2-7,11,13-14,16,18H,8-9H2,1H3/b17-15+. The average Bonchev–Trinajstić information content (AvgIpc) is 3.22. The number of fused-ring (bicyclic) bond motifs is 2. The van der Waals surface area contributed by atoms with Crippen LogP contribution in [0.4, 0.5) is 0 Å².